The van der Waals surface area contributed by atoms with Crippen molar-refractivity contribution in [3.05, 3.63) is 83.7 Å². The molecular weight excluding hydrogens is 336 g/mol. The average Bonchev–Trinajstić information content (AvgIpc) is 3.04. The Balaban J connectivity index is 1.58. The highest BCUT2D eigenvalue weighted by atomic mass is 16.2. The lowest BCUT2D eigenvalue weighted by Crippen LogP contribution is -2.36. The Morgan fingerprint density at radius 3 is 2.67 bits per heavy atom. The van der Waals surface area contributed by atoms with E-state index in [-0.39, 0.29) is 11.9 Å². The number of fused-ring (bicyclic) bond motifs is 1. The maximum absolute atomic E-state index is 13.2. The van der Waals surface area contributed by atoms with Crippen molar-refractivity contribution in [2.75, 3.05) is 16.8 Å². The van der Waals surface area contributed by atoms with Crippen LogP contribution in [-0.4, -0.2) is 29.0 Å². The Bertz CT molecular complexity index is 957. The van der Waals surface area contributed by atoms with E-state index in [4.69, 9.17) is 0 Å². The van der Waals surface area contributed by atoms with Crippen LogP contribution in [-0.2, 0) is 13.0 Å². The van der Waals surface area contributed by atoms with Crippen LogP contribution in [0, 0.1) is 0 Å². The summed E-state index contributed by atoms with van der Waals surface area (Å²) in [6.07, 6.45) is 2.53. The van der Waals surface area contributed by atoms with Crippen LogP contribution in [0.25, 0.3) is 0 Å². The molecule has 0 saturated carbocycles. The highest BCUT2D eigenvalue weighted by molar-refractivity contribution is 6.06. The number of amides is 1. The van der Waals surface area contributed by atoms with Gasteiger partial charge in [0, 0.05) is 31.5 Å². The summed E-state index contributed by atoms with van der Waals surface area (Å²) >= 11 is 0. The summed E-state index contributed by atoms with van der Waals surface area (Å²) in [5, 5.41) is 0. The van der Waals surface area contributed by atoms with E-state index in [0.717, 1.165) is 12.1 Å². The lowest BCUT2D eigenvalue weighted by molar-refractivity contribution is 0.0976. The number of hydrogen-bond acceptors (Lipinski definition) is 4. The Labute approximate surface area is 159 Å². The number of hydrogen-bond donors (Lipinski definition) is 0. The third-order valence-corrected chi connectivity index (χ3v) is 4.89. The van der Waals surface area contributed by atoms with Gasteiger partial charge in [0.15, 0.2) is 0 Å². The molecule has 0 N–H and O–H groups in total. The van der Waals surface area contributed by atoms with Crippen LogP contribution < -0.4 is 9.80 Å². The van der Waals surface area contributed by atoms with Crippen molar-refractivity contribution in [1.29, 1.82) is 0 Å². The normalized spacial score (nSPS) is 15.5. The maximum Gasteiger partial charge on any atom is 0.277 e. The predicted octanol–water partition coefficient (Wildman–Crippen LogP) is 3.70. The number of rotatable bonds is 4. The first-order valence-corrected chi connectivity index (χ1v) is 9.13. The molecule has 0 bridgehead atoms. The molecule has 1 amide bonds. The molecule has 0 aliphatic carbocycles. The van der Waals surface area contributed by atoms with Crippen molar-refractivity contribution in [3.8, 4) is 0 Å². The highest BCUT2D eigenvalue weighted by Gasteiger charge is 2.32. The molecular formula is C22H22N4O. The van der Waals surface area contributed by atoms with Crippen LogP contribution in [0.15, 0.2) is 66.9 Å². The first kappa shape index (κ1) is 17.2. The maximum atomic E-state index is 13.2. The Kier molecular flexibility index (Phi) is 4.59. The summed E-state index contributed by atoms with van der Waals surface area (Å²) in [7, 11) is 1.93. The van der Waals surface area contributed by atoms with Crippen LogP contribution >= 0.6 is 0 Å². The van der Waals surface area contributed by atoms with E-state index in [1.165, 1.54) is 11.1 Å². The summed E-state index contributed by atoms with van der Waals surface area (Å²) in [5.41, 5.74) is 3.77. The van der Waals surface area contributed by atoms with Crippen molar-refractivity contribution in [1.82, 2.24) is 9.97 Å². The lowest BCUT2D eigenvalue weighted by Gasteiger charge is -2.23. The van der Waals surface area contributed by atoms with Crippen molar-refractivity contribution >= 4 is 17.5 Å². The molecule has 4 rings (SSSR count). The van der Waals surface area contributed by atoms with Crippen LogP contribution in [0.5, 0.6) is 0 Å². The van der Waals surface area contributed by atoms with Gasteiger partial charge in [0.1, 0.15) is 5.69 Å². The van der Waals surface area contributed by atoms with Gasteiger partial charge < -0.3 is 9.80 Å². The summed E-state index contributed by atoms with van der Waals surface area (Å²) in [4.78, 5) is 25.9. The number of para-hydroxylation sites is 1. The van der Waals surface area contributed by atoms with Crippen LogP contribution in [0.2, 0.25) is 0 Å². The zero-order valence-electron chi connectivity index (χ0n) is 15.5. The van der Waals surface area contributed by atoms with E-state index in [1.54, 1.807) is 12.3 Å². The predicted molar refractivity (Wildman–Crippen MR) is 107 cm³/mol. The van der Waals surface area contributed by atoms with Gasteiger partial charge in [-0.2, -0.15) is 0 Å². The zero-order chi connectivity index (χ0) is 18.8. The Hall–Kier alpha value is -3.21. The van der Waals surface area contributed by atoms with Gasteiger partial charge in [-0.05, 0) is 36.6 Å². The SMILES string of the molecule is CC1Cc2ccccc2N1C(=O)c1ccnc(N(C)Cc2ccccc2)n1. The smallest absolute Gasteiger partial charge is 0.277 e. The zero-order valence-corrected chi connectivity index (χ0v) is 15.5. The van der Waals surface area contributed by atoms with Gasteiger partial charge in [0.2, 0.25) is 5.95 Å². The summed E-state index contributed by atoms with van der Waals surface area (Å²) < 4.78 is 0. The topological polar surface area (TPSA) is 49.3 Å². The van der Waals surface area contributed by atoms with Crippen molar-refractivity contribution in [3.63, 3.8) is 0 Å². The molecule has 136 valence electrons. The molecule has 27 heavy (non-hydrogen) atoms. The van der Waals surface area contributed by atoms with E-state index in [1.807, 2.05) is 53.2 Å². The molecule has 1 unspecified atom stereocenters. The molecule has 0 saturated heterocycles. The highest BCUT2D eigenvalue weighted by Crippen LogP contribution is 2.32. The van der Waals surface area contributed by atoms with E-state index >= 15 is 0 Å². The summed E-state index contributed by atoms with van der Waals surface area (Å²) in [6.45, 7) is 2.75. The number of carbonyl (C=O) groups excluding carboxylic acids is 1. The van der Waals surface area contributed by atoms with E-state index in [2.05, 4.69) is 35.1 Å². The second-order valence-electron chi connectivity index (χ2n) is 6.94. The molecule has 1 aliphatic heterocycles. The first-order valence-electron chi connectivity index (χ1n) is 9.13. The first-order chi connectivity index (χ1) is 13.1. The molecule has 5 nitrogen and oxygen atoms in total. The molecule has 1 atom stereocenters. The Morgan fingerprint density at radius 2 is 1.85 bits per heavy atom. The molecule has 0 radical (unpaired) electrons. The molecule has 1 aliphatic rings. The van der Waals surface area contributed by atoms with Crippen LogP contribution in [0.1, 0.15) is 28.5 Å². The third kappa shape index (κ3) is 3.40. The fourth-order valence-electron chi connectivity index (χ4n) is 3.58. The number of aromatic nitrogens is 2. The summed E-state index contributed by atoms with van der Waals surface area (Å²) in [5.74, 6) is 0.467. The second kappa shape index (κ2) is 7.19. The molecule has 5 heteroatoms. The molecule has 0 fully saturated rings. The van der Waals surface area contributed by atoms with Gasteiger partial charge in [-0.1, -0.05) is 48.5 Å². The molecule has 2 heterocycles. The molecule has 1 aromatic heterocycles. The Morgan fingerprint density at radius 1 is 1.11 bits per heavy atom. The van der Waals surface area contributed by atoms with Gasteiger partial charge in [-0.15, -0.1) is 0 Å². The number of carbonyl (C=O) groups is 1. The molecule has 3 aromatic rings. The monoisotopic (exact) mass is 358 g/mol. The van der Waals surface area contributed by atoms with Crippen molar-refractivity contribution < 1.29 is 4.79 Å². The van der Waals surface area contributed by atoms with Crippen molar-refractivity contribution in [2.24, 2.45) is 0 Å². The average molecular weight is 358 g/mol. The van der Waals surface area contributed by atoms with Crippen LogP contribution in [0.3, 0.4) is 0 Å². The van der Waals surface area contributed by atoms with E-state index in [0.29, 0.717) is 18.2 Å². The molecule has 2 aromatic carbocycles. The quantitative estimate of drug-likeness (QED) is 0.713. The minimum absolute atomic E-state index is 0.0794. The van der Waals surface area contributed by atoms with Crippen molar-refractivity contribution in [2.45, 2.75) is 25.9 Å². The lowest BCUT2D eigenvalue weighted by atomic mass is 10.1. The molecule has 0 spiro atoms. The van der Waals surface area contributed by atoms with Gasteiger partial charge in [-0.3, -0.25) is 4.79 Å². The largest absolute Gasteiger partial charge is 0.340 e. The minimum atomic E-state index is -0.0794. The van der Waals surface area contributed by atoms with Gasteiger partial charge in [-0.25, -0.2) is 9.97 Å². The van der Waals surface area contributed by atoms with Gasteiger partial charge in [0.05, 0.1) is 0 Å². The number of anilines is 2. The number of benzene rings is 2. The van der Waals surface area contributed by atoms with Crippen LogP contribution in [0.4, 0.5) is 11.6 Å². The third-order valence-electron chi connectivity index (χ3n) is 4.89. The van der Waals surface area contributed by atoms with E-state index in [9.17, 15) is 4.79 Å². The summed E-state index contributed by atoms with van der Waals surface area (Å²) in [6, 6.07) is 20.0. The minimum Gasteiger partial charge on any atom is -0.340 e. The van der Waals surface area contributed by atoms with Gasteiger partial charge in [0.25, 0.3) is 5.91 Å². The second-order valence-corrected chi connectivity index (χ2v) is 6.94. The fourth-order valence-corrected chi connectivity index (χ4v) is 3.58. The van der Waals surface area contributed by atoms with Gasteiger partial charge >= 0.3 is 0 Å². The number of nitrogens with zero attached hydrogens (tertiary/aromatic N) is 4. The fraction of sp³-hybridized carbons (Fsp3) is 0.227. The van der Waals surface area contributed by atoms with E-state index < -0.39 is 0 Å². The standard InChI is InChI=1S/C22H22N4O/c1-16-14-18-10-6-7-11-20(18)26(16)21(27)19-12-13-23-22(24-19)25(2)15-17-8-4-3-5-9-17/h3-13,16H,14-15H2,1-2H3.